The Kier molecular flexibility index (Phi) is 3.53. The van der Waals surface area contributed by atoms with Crippen molar-refractivity contribution in [2.24, 2.45) is 0 Å². The molecule has 1 saturated heterocycles. The van der Waals surface area contributed by atoms with Crippen LogP contribution in [0.5, 0.6) is 0 Å². The lowest BCUT2D eigenvalue weighted by Crippen LogP contribution is -2.35. The summed E-state index contributed by atoms with van der Waals surface area (Å²) in [4.78, 5) is 18.1. The molecule has 1 aliphatic rings. The van der Waals surface area contributed by atoms with E-state index in [4.69, 9.17) is 0 Å². The van der Waals surface area contributed by atoms with Gasteiger partial charge in [0.15, 0.2) is 5.69 Å². The normalized spacial score (nSPS) is 21.9. The second kappa shape index (κ2) is 5.35. The molecule has 1 aromatic carbocycles. The van der Waals surface area contributed by atoms with Gasteiger partial charge in [0, 0.05) is 17.5 Å². The van der Waals surface area contributed by atoms with Gasteiger partial charge in [-0.3, -0.25) is 0 Å². The number of nitrogens with zero attached hydrogens (tertiary/aromatic N) is 2. The monoisotopic (exact) mass is 284 g/mol. The van der Waals surface area contributed by atoms with Crippen molar-refractivity contribution in [1.82, 2.24) is 4.98 Å². The van der Waals surface area contributed by atoms with Gasteiger partial charge in [-0.1, -0.05) is 31.2 Å². The average Bonchev–Trinajstić information content (AvgIpc) is 2.86. The van der Waals surface area contributed by atoms with Crippen molar-refractivity contribution in [3.8, 4) is 0 Å². The van der Waals surface area contributed by atoms with Crippen LogP contribution in [-0.2, 0) is 0 Å². The predicted molar refractivity (Wildman–Crippen MR) is 84.0 cm³/mol. The molecular formula is C17H20N2O2. The molecule has 2 atom stereocenters. The van der Waals surface area contributed by atoms with Crippen molar-refractivity contribution in [3.63, 3.8) is 0 Å². The summed E-state index contributed by atoms with van der Waals surface area (Å²) in [5.41, 5.74) is 0.123. The molecule has 0 aliphatic carbocycles. The van der Waals surface area contributed by atoms with Crippen molar-refractivity contribution in [3.05, 3.63) is 36.0 Å². The Balaban J connectivity index is 2.22. The molecule has 1 fully saturated rings. The van der Waals surface area contributed by atoms with E-state index in [0.717, 1.165) is 35.9 Å². The molecule has 2 unspecified atom stereocenters. The second-order valence-electron chi connectivity index (χ2n) is 5.75. The van der Waals surface area contributed by atoms with Gasteiger partial charge in [0.2, 0.25) is 0 Å². The summed E-state index contributed by atoms with van der Waals surface area (Å²) in [6, 6.07) is 10.4. The summed E-state index contributed by atoms with van der Waals surface area (Å²) in [5, 5.41) is 11.3. The number of carboxylic acid groups (broad SMARTS) is 1. The van der Waals surface area contributed by atoms with E-state index in [1.165, 1.54) is 0 Å². The summed E-state index contributed by atoms with van der Waals surface area (Å²) in [6.45, 7) is 4.37. The van der Waals surface area contributed by atoms with E-state index in [9.17, 15) is 9.90 Å². The molecule has 1 N–H and O–H groups in total. The number of hydrogen-bond acceptors (Lipinski definition) is 3. The molecule has 2 aromatic rings. The van der Waals surface area contributed by atoms with Crippen LogP contribution >= 0.6 is 0 Å². The quantitative estimate of drug-likeness (QED) is 0.933. The molecule has 0 radical (unpaired) electrons. The molecule has 110 valence electrons. The smallest absolute Gasteiger partial charge is 0.354 e. The zero-order valence-electron chi connectivity index (χ0n) is 12.4. The van der Waals surface area contributed by atoms with E-state index in [0.29, 0.717) is 12.1 Å². The maximum atomic E-state index is 11.4. The Morgan fingerprint density at radius 3 is 2.86 bits per heavy atom. The summed E-state index contributed by atoms with van der Waals surface area (Å²) >= 11 is 0. The van der Waals surface area contributed by atoms with Gasteiger partial charge in [0.25, 0.3) is 0 Å². The number of carboxylic acids is 1. The second-order valence-corrected chi connectivity index (χ2v) is 5.75. The van der Waals surface area contributed by atoms with E-state index in [1.54, 1.807) is 6.07 Å². The lowest BCUT2D eigenvalue weighted by Gasteiger charge is -2.30. The van der Waals surface area contributed by atoms with Gasteiger partial charge in [0.1, 0.15) is 5.82 Å². The molecule has 21 heavy (non-hydrogen) atoms. The molecule has 0 saturated carbocycles. The SMILES string of the molecule is CCC1CCC(C)N1c1nc(C(=O)O)cc2ccccc12. The van der Waals surface area contributed by atoms with Crippen LogP contribution in [0, 0.1) is 0 Å². The lowest BCUT2D eigenvalue weighted by molar-refractivity contribution is 0.0691. The average molecular weight is 284 g/mol. The number of aromatic nitrogens is 1. The molecule has 1 aliphatic heterocycles. The molecule has 2 heterocycles. The maximum absolute atomic E-state index is 11.4. The molecular weight excluding hydrogens is 264 g/mol. The van der Waals surface area contributed by atoms with Crippen molar-refractivity contribution >= 4 is 22.6 Å². The first kappa shape index (κ1) is 13.9. The molecule has 0 amide bonds. The zero-order chi connectivity index (χ0) is 15.0. The van der Waals surface area contributed by atoms with Crippen LogP contribution in [0.4, 0.5) is 5.82 Å². The Hall–Kier alpha value is -2.10. The van der Waals surface area contributed by atoms with Gasteiger partial charge in [0.05, 0.1) is 0 Å². The van der Waals surface area contributed by atoms with Gasteiger partial charge in [-0.05, 0) is 37.6 Å². The molecule has 0 bridgehead atoms. The Morgan fingerprint density at radius 1 is 1.38 bits per heavy atom. The van der Waals surface area contributed by atoms with E-state index < -0.39 is 5.97 Å². The molecule has 3 rings (SSSR count). The lowest BCUT2D eigenvalue weighted by atomic mass is 10.1. The van der Waals surface area contributed by atoms with E-state index in [-0.39, 0.29) is 5.69 Å². The van der Waals surface area contributed by atoms with Gasteiger partial charge >= 0.3 is 5.97 Å². The number of aromatic carboxylic acids is 1. The number of fused-ring (bicyclic) bond motifs is 1. The molecule has 0 spiro atoms. The first-order chi connectivity index (χ1) is 10.1. The first-order valence-electron chi connectivity index (χ1n) is 7.53. The topological polar surface area (TPSA) is 53.4 Å². The summed E-state index contributed by atoms with van der Waals surface area (Å²) < 4.78 is 0. The summed E-state index contributed by atoms with van der Waals surface area (Å²) in [6.07, 6.45) is 3.33. The van der Waals surface area contributed by atoms with Crippen LogP contribution in [0.25, 0.3) is 10.8 Å². The minimum absolute atomic E-state index is 0.123. The Bertz CT molecular complexity index is 684. The molecule has 4 nitrogen and oxygen atoms in total. The van der Waals surface area contributed by atoms with Gasteiger partial charge in [-0.2, -0.15) is 0 Å². The van der Waals surface area contributed by atoms with Crippen molar-refractivity contribution < 1.29 is 9.90 Å². The number of rotatable bonds is 3. The third kappa shape index (κ3) is 2.35. The van der Waals surface area contributed by atoms with Crippen molar-refractivity contribution in [2.45, 2.75) is 45.2 Å². The van der Waals surface area contributed by atoms with Gasteiger partial charge in [-0.15, -0.1) is 0 Å². The molecule has 1 aromatic heterocycles. The first-order valence-corrected chi connectivity index (χ1v) is 7.53. The van der Waals surface area contributed by atoms with Crippen LogP contribution in [0.15, 0.2) is 30.3 Å². The highest BCUT2D eigenvalue weighted by Crippen LogP contribution is 2.35. The van der Waals surface area contributed by atoms with Crippen LogP contribution < -0.4 is 4.90 Å². The summed E-state index contributed by atoms with van der Waals surface area (Å²) in [5.74, 6) is -0.149. The van der Waals surface area contributed by atoms with E-state index >= 15 is 0 Å². The van der Waals surface area contributed by atoms with Crippen LogP contribution in [-0.4, -0.2) is 28.1 Å². The van der Waals surface area contributed by atoms with Gasteiger partial charge in [-0.25, -0.2) is 9.78 Å². The van der Waals surface area contributed by atoms with Crippen LogP contribution in [0.1, 0.15) is 43.6 Å². The highest BCUT2D eigenvalue weighted by molar-refractivity contribution is 5.98. The minimum atomic E-state index is -0.970. The third-order valence-corrected chi connectivity index (χ3v) is 4.44. The fourth-order valence-corrected chi connectivity index (χ4v) is 3.34. The van der Waals surface area contributed by atoms with Crippen molar-refractivity contribution in [1.29, 1.82) is 0 Å². The van der Waals surface area contributed by atoms with Gasteiger partial charge < -0.3 is 10.0 Å². The highest BCUT2D eigenvalue weighted by Gasteiger charge is 2.31. The Labute approximate surface area is 124 Å². The fourth-order valence-electron chi connectivity index (χ4n) is 3.34. The number of carbonyl (C=O) groups is 1. The van der Waals surface area contributed by atoms with Crippen LogP contribution in [0.3, 0.4) is 0 Å². The number of hydrogen-bond donors (Lipinski definition) is 1. The molecule has 4 heteroatoms. The largest absolute Gasteiger partial charge is 0.477 e. The summed E-state index contributed by atoms with van der Waals surface area (Å²) in [7, 11) is 0. The van der Waals surface area contributed by atoms with E-state index in [1.807, 2.05) is 24.3 Å². The van der Waals surface area contributed by atoms with Crippen LogP contribution in [0.2, 0.25) is 0 Å². The maximum Gasteiger partial charge on any atom is 0.354 e. The number of benzene rings is 1. The number of pyridine rings is 1. The number of anilines is 1. The fraction of sp³-hybridized carbons (Fsp3) is 0.412. The minimum Gasteiger partial charge on any atom is -0.477 e. The highest BCUT2D eigenvalue weighted by atomic mass is 16.4. The third-order valence-electron chi connectivity index (χ3n) is 4.44. The standard InChI is InChI=1S/C17H20N2O2/c1-3-13-9-8-11(2)19(13)16-14-7-5-4-6-12(14)10-15(18-16)17(20)21/h4-7,10-11,13H,3,8-9H2,1-2H3,(H,20,21). The Morgan fingerprint density at radius 2 is 2.14 bits per heavy atom. The van der Waals surface area contributed by atoms with E-state index in [2.05, 4.69) is 23.7 Å². The zero-order valence-corrected chi connectivity index (χ0v) is 12.4. The van der Waals surface area contributed by atoms with Crippen molar-refractivity contribution in [2.75, 3.05) is 4.90 Å². The predicted octanol–water partition coefficient (Wildman–Crippen LogP) is 3.70.